The van der Waals surface area contributed by atoms with Gasteiger partial charge in [-0.1, -0.05) is 48.5 Å². The number of amides is 1. The van der Waals surface area contributed by atoms with E-state index in [1.165, 1.54) is 35.4 Å². The van der Waals surface area contributed by atoms with Crippen LogP contribution >= 0.6 is 0 Å². The average Bonchev–Trinajstić information content (AvgIpc) is 3.00. The second kappa shape index (κ2) is 7.08. The Kier molecular flexibility index (Phi) is 4.45. The summed E-state index contributed by atoms with van der Waals surface area (Å²) in [4.78, 5) is 31.1. The summed E-state index contributed by atoms with van der Waals surface area (Å²) in [6, 6.07) is 18.0. The number of nitrogens with zero attached hydrogens (tertiary/aromatic N) is 2. The SMILES string of the molecule is O=C1C(=O)N(c2ccccn2)C(c2ccc(F)cc2)C1=C(O)c1ccccc1. The van der Waals surface area contributed by atoms with Crippen LogP contribution in [0.4, 0.5) is 10.2 Å². The molecule has 2 heterocycles. The maximum Gasteiger partial charge on any atom is 0.301 e. The number of aliphatic hydroxyl groups excluding tert-OH is 1. The second-order valence-electron chi connectivity index (χ2n) is 6.27. The van der Waals surface area contributed by atoms with Gasteiger partial charge < -0.3 is 5.11 Å². The summed E-state index contributed by atoms with van der Waals surface area (Å²) >= 11 is 0. The molecule has 2 aromatic carbocycles. The Morgan fingerprint density at radius 2 is 1.61 bits per heavy atom. The fraction of sp³-hybridized carbons (Fsp3) is 0.0455. The van der Waals surface area contributed by atoms with E-state index in [9.17, 15) is 19.1 Å². The number of pyridine rings is 1. The Labute approximate surface area is 160 Å². The van der Waals surface area contributed by atoms with Crippen LogP contribution in [0.3, 0.4) is 0 Å². The first-order valence-corrected chi connectivity index (χ1v) is 8.61. The number of hydrogen-bond donors (Lipinski definition) is 1. The van der Waals surface area contributed by atoms with E-state index in [2.05, 4.69) is 4.98 Å². The van der Waals surface area contributed by atoms with Gasteiger partial charge in [0, 0.05) is 11.8 Å². The minimum atomic E-state index is -0.921. The molecule has 0 bridgehead atoms. The molecular formula is C22H15FN2O3. The zero-order valence-corrected chi connectivity index (χ0v) is 14.6. The van der Waals surface area contributed by atoms with Gasteiger partial charge >= 0.3 is 5.91 Å². The molecule has 1 saturated heterocycles. The highest BCUT2D eigenvalue weighted by Gasteiger charge is 2.47. The van der Waals surface area contributed by atoms with Crippen LogP contribution in [0.25, 0.3) is 5.76 Å². The molecule has 1 N–H and O–H groups in total. The summed E-state index contributed by atoms with van der Waals surface area (Å²) in [7, 11) is 0. The van der Waals surface area contributed by atoms with Gasteiger partial charge in [0.1, 0.15) is 17.4 Å². The molecule has 5 nitrogen and oxygen atoms in total. The highest BCUT2D eigenvalue weighted by atomic mass is 19.1. The maximum atomic E-state index is 13.4. The minimum absolute atomic E-state index is 0.0616. The van der Waals surface area contributed by atoms with Crippen molar-refractivity contribution in [1.29, 1.82) is 0 Å². The predicted octanol–water partition coefficient (Wildman–Crippen LogP) is 3.85. The van der Waals surface area contributed by atoms with Gasteiger partial charge in [-0.3, -0.25) is 14.5 Å². The average molecular weight is 374 g/mol. The first-order chi connectivity index (χ1) is 13.6. The number of ketones is 1. The fourth-order valence-corrected chi connectivity index (χ4v) is 3.28. The summed E-state index contributed by atoms with van der Waals surface area (Å²) in [5.41, 5.74) is 0.839. The molecule has 4 rings (SSSR count). The number of aromatic nitrogens is 1. The van der Waals surface area contributed by atoms with Gasteiger partial charge in [0.15, 0.2) is 0 Å². The molecule has 0 spiro atoms. The molecule has 6 heteroatoms. The van der Waals surface area contributed by atoms with E-state index in [1.807, 2.05) is 0 Å². The van der Waals surface area contributed by atoms with E-state index in [0.29, 0.717) is 11.1 Å². The van der Waals surface area contributed by atoms with Gasteiger partial charge in [0.25, 0.3) is 5.78 Å². The third-order valence-electron chi connectivity index (χ3n) is 4.57. The molecule has 0 radical (unpaired) electrons. The van der Waals surface area contributed by atoms with E-state index in [-0.39, 0.29) is 17.2 Å². The molecule has 1 unspecified atom stereocenters. The molecular weight excluding hydrogens is 359 g/mol. The highest BCUT2D eigenvalue weighted by Crippen LogP contribution is 2.41. The van der Waals surface area contributed by atoms with Crippen molar-refractivity contribution in [3.8, 4) is 0 Å². The first-order valence-electron chi connectivity index (χ1n) is 8.61. The zero-order valence-electron chi connectivity index (χ0n) is 14.6. The lowest BCUT2D eigenvalue weighted by atomic mass is 9.95. The van der Waals surface area contributed by atoms with E-state index in [1.54, 1.807) is 48.5 Å². The van der Waals surface area contributed by atoms with Crippen LogP contribution < -0.4 is 4.90 Å². The van der Waals surface area contributed by atoms with Gasteiger partial charge in [-0.25, -0.2) is 9.37 Å². The van der Waals surface area contributed by atoms with E-state index in [0.717, 1.165) is 0 Å². The van der Waals surface area contributed by atoms with Crippen molar-refractivity contribution in [3.63, 3.8) is 0 Å². The summed E-state index contributed by atoms with van der Waals surface area (Å²) in [5.74, 6) is -2.08. The fourth-order valence-electron chi connectivity index (χ4n) is 3.28. The van der Waals surface area contributed by atoms with Crippen LogP contribution in [0.15, 0.2) is 84.6 Å². The van der Waals surface area contributed by atoms with Crippen molar-refractivity contribution in [2.24, 2.45) is 0 Å². The Morgan fingerprint density at radius 1 is 0.929 bits per heavy atom. The van der Waals surface area contributed by atoms with Crippen LogP contribution in [0, 0.1) is 5.82 Å². The van der Waals surface area contributed by atoms with E-state index in [4.69, 9.17) is 0 Å². The number of anilines is 1. The Hall–Kier alpha value is -3.80. The van der Waals surface area contributed by atoms with E-state index < -0.39 is 23.5 Å². The molecule has 3 aromatic rings. The number of Topliss-reactive ketones (excluding diaryl/α,β-unsaturated/α-hetero) is 1. The normalized spacial score (nSPS) is 18.5. The number of carbonyl (C=O) groups is 2. The van der Waals surface area contributed by atoms with Gasteiger partial charge in [-0.15, -0.1) is 0 Å². The summed E-state index contributed by atoms with van der Waals surface area (Å²) in [5, 5.41) is 10.8. The quantitative estimate of drug-likeness (QED) is 0.430. The Bertz CT molecular complexity index is 1060. The Morgan fingerprint density at radius 3 is 2.25 bits per heavy atom. The van der Waals surface area contributed by atoms with Gasteiger partial charge in [-0.2, -0.15) is 0 Å². The van der Waals surface area contributed by atoms with Crippen LogP contribution in [-0.2, 0) is 9.59 Å². The Balaban J connectivity index is 1.95. The third kappa shape index (κ3) is 2.95. The van der Waals surface area contributed by atoms with Crippen molar-refractivity contribution >= 4 is 23.3 Å². The molecule has 1 aliphatic rings. The largest absolute Gasteiger partial charge is 0.507 e. The minimum Gasteiger partial charge on any atom is -0.507 e. The maximum absolute atomic E-state index is 13.4. The molecule has 0 saturated carbocycles. The number of hydrogen-bond acceptors (Lipinski definition) is 4. The van der Waals surface area contributed by atoms with Crippen LogP contribution in [0.5, 0.6) is 0 Å². The number of aliphatic hydroxyl groups is 1. The predicted molar refractivity (Wildman–Crippen MR) is 102 cm³/mol. The monoisotopic (exact) mass is 374 g/mol. The smallest absolute Gasteiger partial charge is 0.301 e. The van der Waals surface area contributed by atoms with Crippen LogP contribution in [0.1, 0.15) is 17.2 Å². The first kappa shape index (κ1) is 17.6. The van der Waals surface area contributed by atoms with Gasteiger partial charge in [0.05, 0.1) is 11.6 Å². The van der Waals surface area contributed by atoms with Crippen molar-refractivity contribution in [1.82, 2.24) is 4.98 Å². The summed E-state index contributed by atoms with van der Waals surface area (Å²) < 4.78 is 13.4. The zero-order chi connectivity index (χ0) is 19.7. The molecule has 138 valence electrons. The number of benzene rings is 2. The number of rotatable bonds is 3. The molecule has 0 aliphatic carbocycles. The molecule has 1 fully saturated rings. The van der Waals surface area contributed by atoms with Crippen LogP contribution in [0.2, 0.25) is 0 Å². The number of carbonyl (C=O) groups excluding carboxylic acids is 2. The standard InChI is InChI=1S/C22H15FN2O3/c23-16-11-9-14(10-12-16)19-18(20(26)15-6-2-1-3-7-15)21(27)22(28)25(19)17-8-4-5-13-24-17/h1-13,19,26H. The second-order valence-corrected chi connectivity index (χ2v) is 6.27. The van der Waals surface area contributed by atoms with Gasteiger partial charge in [-0.05, 0) is 29.8 Å². The lowest BCUT2D eigenvalue weighted by Crippen LogP contribution is -2.30. The summed E-state index contributed by atoms with van der Waals surface area (Å²) in [6.07, 6.45) is 1.51. The lowest BCUT2D eigenvalue weighted by molar-refractivity contribution is -0.132. The summed E-state index contributed by atoms with van der Waals surface area (Å²) in [6.45, 7) is 0. The molecule has 1 atom stereocenters. The van der Waals surface area contributed by atoms with Crippen molar-refractivity contribution in [3.05, 3.63) is 102 Å². The molecule has 1 aliphatic heterocycles. The molecule has 1 aromatic heterocycles. The van der Waals surface area contributed by atoms with Crippen LogP contribution in [-0.4, -0.2) is 21.8 Å². The third-order valence-corrected chi connectivity index (χ3v) is 4.57. The number of halogens is 1. The van der Waals surface area contributed by atoms with E-state index >= 15 is 0 Å². The molecule has 28 heavy (non-hydrogen) atoms. The lowest BCUT2D eigenvalue weighted by Gasteiger charge is -2.24. The van der Waals surface area contributed by atoms with Crippen molar-refractivity contribution < 1.29 is 19.1 Å². The molecule has 1 amide bonds. The van der Waals surface area contributed by atoms with Gasteiger partial charge in [0.2, 0.25) is 0 Å². The van der Waals surface area contributed by atoms with Crippen molar-refractivity contribution in [2.75, 3.05) is 4.90 Å². The van der Waals surface area contributed by atoms with Crippen molar-refractivity contribution in [2.45, 2.75) is 6.04 Å². The topological polar surface area (TPSA) is 70.5 Å². The highest BCUT2D eigenvalue weighted by molar-refractivity contribution is 6.51.